The lowest BCUT2D eigenvalue weighted by atomic mass is 9.99. The molecule has 1 aromatic carbocycles. The lowest BCUT2D eigenvalue weighted by Gasteiger charge is -2.13. The number of carbonyl (C=O) groups excluding carboxylic acids is 2. The van der Waals surface area contributed by atoms with Gasteiger partial charge in [0.2, 0.25) is 5.91 Å². The van der Waals surface area contributed by atoms with Crippen LogP contribution in [-0.4, -0.2) is 37.8 Å². The highest BCUT2D eigenvalue weighted by atomic mass is 16.5. The Morgan fingerprint density at radius 3 is 2.33 bits per heavy atom. The number of carbonyl (C=O) groups is 2. The molecular formula is C16H20N2O3. The summed E-state index contributed by atoms with van der Waals surface area (Å²) in [5, 5.41) is 2.80. The van der Waals surface area contributed by atoms with E-state index in [-0.39, 0.29) is 11.7 Å². The second-order valence-corrected chi connectivity index (χ2v) is 5.41. The van der Waals surface area contributed by atoms with Crippen LogP contribution in [0, 0.1) is 5.41 Å². The Kier molecular flexibility index (Phi) is 4.31. The van der Waals surface area contributed by atoms with E-state index in [1.54, 1.807) is 42.5 Å². The number of rotatable bonds is 6. The summed E-state index contributed by atoms with van der Waals surface area (Å²) in [7, 11) is 5.25. The molecule has 1 fully saturated rings. The summed E-state index contributed by atoms with van der Waals surface area (Å²) in [5.74, 6) is 0.349. The van der Waals surface area contributed by atoms with E-state index in [2.05, 4.69) is 5.32 Å². The highest BCUT2D eigenvalue weighted by Crippen LogP contribution is 2.47. The van der Waals surface area contributed by atoms with Crippen molar-refractivity contribution in [2.75, 3.05) is 26.5 Å². The first-order chi connectivity index (χ1) is 9.98. The number of nitrogens with zero attached hydrogens (tertiary/aromatic N) is 1. The van der Waals surface area contributed by atoms with Crippen molar-refractivity contribution in [2.45, 2.75) is 12.8 Å². The highest BCUT2D eigenvalue weighted by molar-refractivity contribution is 6.17. The fourth-order valence-corrected chi connectivity index (χ4v) is 2.01. The number of anilines is 1. The summed E-state index contributed by atoms with van der Waals surface area (Å²) in [5.41, 5.74) is -0.219. The molecule has 1 aromatic rings. The molecule has 0 spiro atoms. The molecule has 2 rings (SSSR count). The van der Waals surface area contributed by atoms with E-state index in [4.69, 9.17) is 4.74 Å². The number of ketones is 1. The zero-order chi connectivity index (χ0) is 15.5. The molecule has 21 heavy (non-hydrogen) atoms. The third-order valence-electron chi connectivity index (χ3n) is 3.53. The molecule has 0 aromatic heterocycles. The van der Waals surface area contributed by atoms with E-state index >= 15 is 0 Å². The average molecular weight is 288 g/mol. The highest BCUT2D eigenvalue weighted by Gasteiger charge is 2.55. The minimum absolute atomic E-state index is 0.137. The van der Waals surface area contributed by atoms with Crippen LogP contribution in [0.25, 0.3) is 0 Å². The van der Waals surface area contributed by atoms with Gasteiger partial charge in [0.15, 0.2) is 5.78 Å². The van der Waals surface area contributed by atoms with Gasteiger partial charge in [0, 0.05) is 26.0 Å². The molecular weight excluding hydrogens is 268 g/mol. The van der Waals surface area contributed by atoms with Crippen molar-refractivity contribution in [1.29, 1.82) is 0 Å². The van der Waals surface area contributed by atoms with Crippen molar-refractivity contribution >= 4 is 17.4 Å². The summed E-state index contributed by atoms with van der Waals surface area (Å²) < 4.78 is 5.07. The molecule has 5 nitrogen and oxygen atoms in total. The van der Waals surface area contributed by atoms with Gasteiger partial charge < -0.3 is 15.0 Å². The summed E-state index contributed by atoms with van der Waals surface area (Å²) in [6.45, 7) is 0. The smallest absolute Gasteiger partial charge is 0.238 e. The Morgan fingerprint density at radius 1 is 1.24 bits per heavy atom. The summed E-state index contributed by atoms with van der Waals surface area (Å²) >= 11 is 0. The van der Waals surface area contributed by atoms with E-state index in [0.29, 0.717) is 18.5 Å². The van der Waals surface area contributed by atoms with Crippen LogP contribution in [0.4, 0.5) is 5.69 Å². The van der Waals surface area contributed by atoms with Crippen molar-refractivity contribution in [1.82, 2.24) is 4.90 Å². The van der Waals surface area contributed by atoms with Gasteiger partial charge in [0.05, 0.1) is 7.11 Å². The molecule has 112 valence electrons. The maximum Gasteiger partial charge on any atom is 0.238 e. The molecule has 1 N–H and O–H groups in total. The number of nitrogens with one attached hydrogen (secondary N) is 1. The van der Waals surface area contributed by atoms with Gasteiger partial charge in [0.25, 0.3) is 0 Å². The monoisotopic (exact) mass is 288 g/mol. The molecule has 0 bridgehead atoms. The van der Waals surface area contributed by atoms with Crippen LogP contribution in [0.2, 0.25) is 0 Å². The molecule has 5 heteroatoms. The fraction of sp³-hybridized carbons (Fsp3) is 0.375. The molecule has 0 radical (unpaired) electrons. The zero-order valence-corrected chi connectivity index (χ0v) is 12.6. The normalized spacial score (nSPS) is 15.6. The van der Waals surface area contributed by atoms with E-state index in [9.17, 15) is 9.59 Å². The SMILES string of the molecule is COc1ccc(NC(=O)C2(C(=O)C=CN(C)C)CC2)cc1. The molecule has 0 atom stereocenters. The minimum atomic E-state index is -0.883. The molecule has 1 saturated carbocycles. The Balaban J connectivity index is 2.03. The second-order valence-electron chi connectivity index (χ2n) is 5.41. The standard InChI is InChI=1S/C16H20N2O3/c1-18(2)11-8-14(19)16(9-10-16)15(20)17-12-4-6-13(21-3)7-5-12/h4-8,11H,9-10H2,1-3H3,(H,17,20). The van der Waals surface area contributed by atoms with Gasteiger partial charge >= 0.3 is 0 Å². The summed E-state index contributed by atoms with van der Waals surface area (Å²) in [6.07, 6.45) is 4.35. The molecule has 1 aliphatic rings. The largest absolute Gasteiger partial charge is 0.497 e. The van der Waals surface area contributed by atoms with E-state index < -0.39 is 5.41 Å². The number of methoxy groups -OCH3 is 1. The third kappa shape index (κ3) is 3.42. The average Bonchev–Trinajstić information content (AvgIpc) is 3.27. The molecule has 0 saturated heterocycles. The van der Waals surface area contributed by atoms with Gasteiger partial charge in [-0.25, -0.2) is 0 Å². The number of allylic oxidation sites excluding steroid dienone is 1. The van der Waals surface area contributed by atoms with Crippen molar-refractivity contribution in [2.24, 2.45) is 5.41 Å². The quantitative estimate of drug-likeness (QED) is 0.643. The van der Waals surface area contributed by atoms with Crippen molar-refractivity contribution < 1.29 is 14.3 Å². The Bertz CT molecular complexity index is 557. The minimum Gasteiger partial charge on any atom is -0.497 e. The number of hydrogen-bond donors (Lipinski definition) is 1. The van der Waals surface area contributed by atoms with Crippen molar-refractivity contribution in [3.05, 3.63) is 36.5 Å². The van der Waals surface area contributed by atoms with Crippen LogP contribution in [0.15, 0.2) is 36.5 Å². The lowest BCUT2D eigenvalue weighted by molar-refractivity contribution is -0.130. The van der Waals surface area contributed by atoms with Gasteiger partial charge in [-0.05, 0) is 43.2 Å². The maximum atomic E-state index is 12.3. The molecule has 0 heterocycles. The first-order valence-corrected chi connectivity index (χ1v) is 6.82. The molecule has 1 aliphatic carbocycles. The van der Waals surface area contributed by atoms with E-state index in [1.165, 1.54) is 6.08 Å². The third-order valence-corrected chi connectivity index (χ3v) is 3.53. The van der Waals surface area contributed by atoms with E-state index in [0.717, 1.165) is 5.75 Å². The zero-order valence-electron chi connectivity index (χ0n) is 12.6. The Labute approximate surface area is 124 Å². The predicted molar refractivity (Wildman–Crippen MR) is 81.1 cm³/mol. The number of ether oxygens (including phenoxy) is 1. The van der Waals surface area contributed by atoms with E-state index in [1.807, 2.05) is 14.1 Å². The molecule has 0 unspecified atom stereocenters. The second kappa shape index (κ2) is 5.99. The summed E-state index contributed by atoms with van der Waals surface area (Å²) in [6, 6.07) is 7.05. The van der Waals surface area contributed by atoms with Crippen molar-refractivity contribution in [3.63, 3.8) is 0 Å². The predicted octanol–water partition coefficient (Wildman–Crippen LogP) is 2.06. The Morgan fingerprint density at radius 2 is 1.86 bits per heavy atom. The summed E-state index contributed by atoms with van der Waals surface area (Å²) in [4.78, 5) is 26.3. The topological polar surface area (TPSA) is 58.6 Å². The van der Waals surface area contributed by atoms with Gasteiger partial charge in [0.1, 0.15) is 11.2 Å². The fourth-order valence-electron chi connectivity index (χ4n) is 2.01. The van der Waals surface area contributed by atoms with Crippen LogP contribution >= 0.6 is 0 Å². The first kappa shape index (κ1) is 15.1. The van der Waals surface area contributed by atoms with Crippen LogP contribution in [0.3, 0.4) is 0 Å². The van der Waals surface area contributed by atoms with Gasteiger partial charge in [-0.1, -0.05) is 0 Å². The number of amides is 1. The van der Waals surface area contributed by atoms with Crippen LogP contribution in [-0.2, 0) is 9.59 Å². The van der Waals surface area contributed by atoms with Crippen molar-refractivity contribution in [3.8, 4) is 5.75 Å². The number of benzene rings is 1. The molecule has 1 amide bonds. The van der Waals surface area contributed by atoms with Gasteiger partial charge in [-0.2, -0.15) is 0 Å². The van der Waals surface area contributed by atoms with Crippen LogP contribution < -0.4 is 10.1 Å². The first-order valence-electron chi connectivity index (χ1n) is 6.82. The lowest BCUT2D eigenvalue weighted by Crippen LogP contribution is -2.30. The van der Waals surface area contributed by atoms with Crippen LogP contribution in [0.5, 0.6) is 5.75 Å². The maximum absolute atomic E-state index is 12.3. The van der Waals surface area contributed by atoms with Gasteiger partial charge in [-0.3, -0.25) is 9.59 Å². The van der Waals surface area contributed by atoms with Gasteiger partial charge in [-0.15, -0.1) is 0 Å². The number of hydrogen-bond acceptors (Lipinski definition) is 4. The molecule has 0 aliphatic heterocycles. The Hall–Kier alpha value is -2.30. The van der Waals surface area contributed by atoms with Crippen LogP contribution in [0.1, 0.15) is 12.8 Å².